The number of amides is 2. The number of alkyl halides is 3. The third-order valence-electron chi connectivity index (χ3n) is 5.53. The van der Waals surface area contributed by atoms with Crippen molar-refractivity contribution in [1.29, 1.82) is 0 Å². The lowest BCUT2D eigenvalue weighted by atomic mass is 10.1. The highest BCUT2D eigenvalue weighted by molar-refractivity contribution is 5.95. The molecule has 1 heterocycles. The number of hydrogen-bond acceptors (Lipinski definition) is 5. The molecule has 0 spiro atoms. The van der Waals surface area contributed by atoms with Gasteiger partial charge in [0.05, 0.1) is 12.6 Å². The lowest BCUT2D eigenvalue weighted by Crippen LogP contribution is -2.53. The lowest BCUT2D eigenvalue weighted by Gasteiger charge is -2.37. The van der Waals surface area contributed by atoms with Gasteiger partial charge in [-0.25, -0.2) is 4.39 Å². The SMILES string of the molecule is Cc1ccc(F)cc1NC(=O)C(C)N1CCN(CC(=O)Nc2ccc(OC(F)(F)F)cc2)CC1. The fourth-order valence-corrected chi connectivity index (χ4v) is 3.58. The van der Waals surface area contributed by atoms with Crippen LogP contribution in [0.4, 0.5) is 28.9 Å². The molecule has 0 bridgehead atoms. The molecule has 184 valence electrons. The van der Waals surface area contributed by atoms with Crippen molar-refractivity contribution in [3.05, 3.63) is 53.8 Å². The minimum atomic E-state index is -4.77. The van der Waals surface area contributed by atoms with Gasteiger partial charge < -0.3 is 15.4 Å². The number of hydrogen-bond donors (Lipinski definition) is 2. The number of rotatable bonds is 7. The van der Waals surface area contributed by atoms with E-state index in [9.17, 15) is 27.2 Å². The Bertz CT molecular complexity index is 1010. The zero-order valence-electron chi connectivity index (χ0n) is 18.8. The van der Waals surface area contributed by atoms with Gasteiger partial charge >= 0.3 is 6.36 Å². The van der Waals surface area contributed by atoms with E-state index in [1.807, 2.05) is 9.80 Å². The van der Waals surface area contributed by atoms with Gasteiger partial charge in [0.1, 0.15) is 11.6 Å². The number of anilines is 2. The number of ether oxygens (including phenoxy) is 1. The maximum Gasteiger partial charge on any atom is 0.573 e. The van der Waals surface area contributed by atoms with Gasteiger partial charge in [-0.1, -0.05) is 6.07 Å². The third-order valence-corrected chi connectivity index (χ3v) is 5.53. The first kappa shape index (κ1) is 25.4. The number of halogens is 4. The minimum Gasteiger partial charge on any atom is -0.406 e. The van der Waals surface area contributed by atoms with E-state index in [0.717, 1.165) is 17.7 Å². The maximum absolute atomic E-state index is 13.5. The van der Waals surface area contributed by atoms with E-state index in [-0.39, 0.29) is 24.1 Å². The first-order chi connectivity index (χ1) is 16.0. The van der Waals surface area contributed by atoms with E-state index in [2.05, 4.69) is 15.4 Å². The van der Waals surface area contributed by atoms with Crippen LogP contribution in [0.5, 0.6) is 5.75 Å². The summed E-state index contributed by atoms with van der Waals surface area (Å²) in [6.07, 6.45) is -4.77. The molecular formula is C23H26F4N4O3. The van der Waals surface area contributed by atoms with Crippen LogP contribution in [0.2, 0.25) is 0 Å². The summed E-state index contributed by atoms with van der Waals surface area (Å²) >= 11 is 0. The minimum absolute atomic E-state index is 0.109. The molecule has 0 aromatic heterocycles. The summed E-state index contributed by atoms with van der Waals surface area (Å²) in [7, 11) is 0. The average Bonchev–Trinajstić information content (AvgIpc) is 2.76. The Morgan fingerprint density at radius 3 is 2.29 bits per heavy atom. The summed E-state index contributed by atoms with van der Waals surface area (Å²) in [5, 5.41) is 5.41. The second-order valence-corrected chi connectivity index (χ2v) is 8.06. The Hall–Kier alpha value is -3.18. The zero-order chi connectivity index (χ0) is 24.9. The van der Waals surface area contributed by atoms with Gasteiger partial charge in [0.15, 0.2) is 0 Å². The van der Waals surface area contributed by atoms with Crippen molar-refractivity contribution in [2.24, 2.45) is 0 Å². The van der Waals surface area contributed by atoms with Gasteiger partial charge in [-0.15, -0.1) is 13.2 Å². The first-order valence-electron chi connectivity index (χ1n) is 10.7. The smallest absolute Gasteiger partial charge is 0.406 e. The number of carbonyl (C=O) groups is 2. The number of benzene rings is 2. The van der Waals surface area contributed by atoms with E-state index in [4.69, 9.17) is 0 Å². The monoisotopic (exact) mass is 482 g/mol. The Labute approximate surface area is 194 Å². The van der Waals surface area contributed by atoms with Crippen LogP contribution in [0.3, 0.4) is 0 Å². The molecule has 7 nitrogen and oxygen atoms in total. The number of nitrogens with zero attached hydrogens (tertiary/aromatic N) is 2. The molecular weight excluding hydrogens is 456 g/mol. The van der Waals surface area contributed by atoms with Crippen LogP contribution in [0.25, 0.3) is 0 Å². The molecule has 0 radical (unpaired) electrons. The van der Waals surface area contributed by atoms with Crippen LogP contribution in [-0.4, -0.2) is 66.7 Å². The van der Waals surface area contributed by atoms with Crippen LogP contribution in [0.1, 0.15) is 12.5 Å². The van der Waals surface area contributed by atoms with Gasteiger partial charge in [-0.05, 0) is 55.8 Å². The molecule has 1 aliphatic rings. The van der Waals surface area contributed by atoms with E-state index in [1.54, 1.807) is 19.9 Å². The van der Waals surface area contributed by atoms with Gasteiger partial charge in [0.25, 0.3) is 0 Å². The summed E-state index contributed by atoms with van der Waals surface area (Å²) in [5.41, 5.74) is 1.56. The molecule has 2 aromatic rings. The van der Waals surface area contributed by atoms with Crippen molar-refractivity contribution in [3.63, 3.8) is 0 Å². The third kappa shape index (κ3) is 7.42. The fraction of sp³-hybridized carbons (Fsp3) is 0.391. The molecule has 1 atom stereocenters. The largest absolute Gasteiger partial charge is 0.573 e. The van der Waals surface area contributed by atoms with E-state index in [0.29, 0.717) is 37.6 Å². The van der Waals surface area contributed by atoms with Crippen molar-refractivity contribution in [1.82, 2.24) is 9.80 Å². The predicted octanol–water partition coefficient (Wildman–Crippen LogP) is 3.62. The van der Waals surface area contributed by atoms with Gasteiger partial charge in [0.2, 0.25) is 11.8 Å². The molecule has 1 unspecified atom stereocenters. The number of piperazine rings is 1. The van der Waals surface area contributed by atoms with Crippen LogP contribution in [0.15, 0.2) is 42.5 Å². The molecule has 11 heteroatoms. The second kappa shape index (κ2) is 10.8. The zero-order valence-corrected chi connectivity index (χ0v) is 18.8. The predicted molar refractivity (Wildman–Crippen MR) is 119 cm³/mol. The fourth-order valence-electron chi connectivity index (χ4n) is 3.58. The molecule has 0 saturated carbocycles. The molecule has 0 aliphatic carbocycles. The van der Waals surface area contributed by atoms with Crippen molar-refractivity contribution in [2.75, 3.05) is 43.4 Å². The highest BCUT2D eigenvalue weighted by Crippen LogP contribution is 2.24. The summed E-state index contributed by atoms with van der Waals surface area (Å²) in [6, 6.07) is 8.70. The first-order valence-corrected chi connectivity index (χ1v) is 10.7. The van der Waals surface area contributed by atoms with Crippen molar-refractivity contribution in [3.8, 4) is 5.75 Å². The lowest BCUT2D eigenvalue weighted by molar-refractivity contribution is -0.274. The molecule has 34 heavy (non-hydrogen) atoms. The standard InChI is InChI=1S/C23H26F4N4O3/c1-15-3-4-17(24)13-20(15)29-22(33)16(2)31-11-9-30(10-12-31)14-21(32)28-18-5-7-19(8-6-18)34-23(25,26)27/h3-8,13,16H,9-12,14H2,1-2H3,(H,28,32)(H,29,33). The van der Waals surface area contributed by atoms with E-state index < -0.39 is 18.2 Å². The normalized spacial score (nSPS) is 16.1. The summed E-state index contributed by atoms with van der Waals surface area (Å²) in [5.74, 6) is -1.33. The van der Waals surface area contributed by atoms with Crippen LogP contribution >= 0.6 is 0 Å². The highest BCUT2D eigenvalue weighted by Gasteiger charge is 2.31. The number of carbonyl (C=O) groups excluding carboxylic acids is 2. The number of aryl methyl sites for hydroxylation is 1. The maximum atomic E-state index is 13.5. The Balaban J connectivity index is 1.44. The van der Waals surface area contributed by atoms with Gasteiger partial charge in [-0.2, -0.15) is 0 Å². The molecule has 1 saturated heterocycles. The topological polar surface area (TPSA) is 73.9 Å². The molecule has 2 amide bonds. The Kier molecular flexibility index (Phi) is 8.11. The van der Waals surface area contributed by atoms with E-state index in [1.165, 1.54) is 24.3 Å². The summed E-state index contributed by atoms with van der Waals surface area (Å²) in [6.45, 7) is 5.91. The van der Waals surface area contributed by atoms with Crippen LogP contribution in [0, 0.1) is 12.7 Å². The average molecular weight is 482 g/mol. The molecule has 2 aromatic carbocycles. The van der Waals surface area contributed by atoms with Crippen molar-refractivity contribution < 1.29 is 31.9 Å². The quantitative estimate of drug-likeness (QED) is 0.590. The summed E-state index contributed by atoms with van der Waals surface area (Å²) < 4.78 is 53.9. The molecule has 1 fully saturated rings. The number of nitrogens with one attached hydrogen (secondary N) is 2. The van der Waals surface area contributed by atoms with Crippen LogP contribution in [-0.2, 0) is 9.59 Å². The van der Waals surface area contributed by atoms with Gasteiger partial charge in [0, 0.05) is 37.6 Å². The Morgan fingerprint density at radius 1 is 1.03 bits per heavy atom. The molecule has 3 rings (SSSR count). The summed E-state index contributed by atoms with van der Waals surface area (Å²) in [4.78, 5) is 28.8. The molecule has 1 aliphatic heterocycles. The van der Waals surface area contributed by atoms with Crippen LogP contribution < -0.4 is 15.4 Å². The van der Waals surface area contributed by atoms with E-state index >= 15 is 0 Å². The van der Waals surface area contributed by atoms with Crippen molar-refractivity contribution in [2.45, 2.75) is 26.3 Å². The Morgan fingerprint density at radius 2 is 1.68 bits per heavy atom. The highest BCUT2D eigenvalue weighted by atomic mass is 19.4. The second-order valence-electron chi connectivity index (χ2n) is 8.06. The van der Waals surface area contributed by atoms with Gasteiger partial charge in [-0.3, -0.25) is 19.4 Å². The van der Waals surface area contributed by atoms with Crippen molar-refractivity contribution >= 4 is 23.2 Å². The molecule has 2 N–H and O–H groups in total.